The lowest BCUT2D eigenvalue weighted by Crippen LogP contribution is -2.41. The largest absolute Gasteiger partial charge is 0.379 e. The fourth-order valence-corrected chi connectivity index (χ4v) is 4.75. The highest BCUT2D eigenvalue weighted by Crippen LogP contribution is 2.24. The van der Waals surface area contributed by atoms with Crippen LogP contribution in [0.1, 0.15) is 11.1 Å². The van der Waals surface area contributed by atoms with Crippen LogP contribution in [0.15, 0.2) is 47.4 Å². The number of morpholine rings is 1. The maximum atomic E-state index is 12.9. The molecule has 0 atom stereocenters. The molecule has 3 N–H and O–H groups in total. The number of carbonyl (C=O) groups excluding carboxylic acids is 2. The van der Waals surface area contributed by atoms with Crippen molar-refractivity contribution in [2.45, 2.75) is 18.4 Å². The number of rotatable bonds is 7. The van der Waals surface area contributed by atoms with Gasteiger partial charge in [0.15, 0.2) is 0 Å². The number of hydrogen-bond donors (Lipinski definition) is 3. The molecule has 3 rings (SSSR count). The minimum atomic E-state index is -3.71. The fraction of sp³-hybridized carbons (Fsp3) is 0.333. The van der Waals surface area contributed by atoms with E-state index < -0.39 is 22.0 Å². The Morgan fingerprint density at radius 1 is 1.06 bits per heavy atom. The number of halogens is 1. The summed E-state index contributed by atoms with van der Waals surface area (Å²) in [5, 5.41) is 7.57. The Morgan fingerprint density at radius 3 is 2.44 bits per heavy atom. The maximum absolute atomic E-state index is 12.9. The quantitative estimate of drug-likeness (QED) is 0.575. The van der Waals surface area contributed by atoms with Crippen LogP contribution in [0.2, 0.25) is 0 Å². The lowest BCUT2D eigenvalue weighted by atomic mass is 10.2. The van der Waals surface area contributed by atoms with Gasteiger partial charge < -0.3 is 20.7 Å². The summed E-state index contributed by atoms with van der Waals surface area (Å²) in [6.07, 6.45) is 0. The predicted octanol–water partition coefficient (Wildman–Crippen LogP) is 1.59. The topological polar surface area (TPSA) is 117 Å². The number of nitrogens with one attached hydrogen (secondary N) is 3. The van der Waals surface area contributed by atoms with Gasteiger partial charge >= 0.3 is 6.03 Å². The number of nitrogens with zero attached hydrogens (tertiary/aromatic N) is 1. The standard InChI is InChI=1S/C21H25FN4O5S/c1-15-2-7-18(12-19(15)32(29,30)26-8-10-31-11-9-26)25-20(27)14-24-21(28)23-13-16-3-5-17(22)6-4-16/h2-7,12H,8-11,13-14H2,1H3,(H,25,27)(H2,23,24,28). The summed E-state index contributed by atoms with van der Waals surface area (Å²) in [7, 11) is -3.71. The maximum Gasteiger partial charge on any atom is 0.315 e. The van der Waals surface area contributed by atoms with Gasteiger partial charge in [-0.25, -0.2) is 17.6 Å². The van der Waals surface area contributed by atoms with Crippen molar-refractivity contribution < 1.29 is 27.1 Å². The van der Waals surface area contributed by atoms with Gasteiger partial charge in [0.1, 0.15) is 5.82 Å². The molecule has 9 nitrogen and oxygen atoms in total. The first-order valence-corrected chi connectivity index (χ1v) is 11.4. The van der Waals surface area contributed by atoms with Crippen molar-refractivity contribution in [3.05, 3.63) is 59.4 Å². The van der Waals surface area contributed by atoms with Crippen molar-refractivity contribution in [2.75, 3.05) is 38.2 Å². The number of amides is 3. The molecule has 3 amide bonds. The molecular weight excluding hydrogens is 439 g/mol. The second kappa shape index (κ2) is 10.5. The average Bonchev–Trinajstić information content (AvgIpc) is 2.79. The van der Waals surface area contributed by atoms with Gasteiger partial charge in [0, 0.05) is 25.3 Å². The number of urea groups is 1. The Labute approximate surface area is 186 Å². The van der Waals surface area contributed by atoms with Crippen molar-refractivity contribution in [3.8, 4) is 0 Å². The number of anilines is 1. The van der Waals surface area contributed by atoms with Gasteiger partial charge in [0.05, 0.1) is 24.7 Å². The minimum absolute atomic E-state index is 0.113. The second-order valence-corrected chi connectivity index (χ2v) is 9.11. The Hall–Kier alpha value is -3.02. The van der Waals surface area contributed by atoms with E-state index in [-0.39, 0.29) is 36.9 Å². The number of hydrogen-bond acceptors (Lipinski definition) is 5. The van der Waals surface area contributed by atoms with Crippen LogP contribution >= 0.6 is 0 Å². The van der Waals surface area contributed by atoms with E-state index in [1.165, 1.54) is 22.5 Å². The van der Waals surface area contributed by atoms with Gasteiger partial charge in [-0.15, -0.1) is 0 Å². The van der Waals surface area contributed by atoms with E-state index in [0.717, 1.165) is 0 Å². The van der Waals surface area contributed by atoms with Crippen LogP contribution in [-0.4, -0.2) is 57.5 Å². The number of ether oxygens (including phenoxy) is 1. The van der Waals surface area contributed by atoms with Crippen LogP contribution in [-0.2, 0) is 26.1 Å². The van der Waals surface area contributed by atoms with Gasteiger partial charge in [0.25, 0.3) is 0 Å². The molecule has 2 aromatic rings. The smallest absolute Gasteiger partial charge is 0.315 e. The molecular formula is C21H25FN4O5S. The van der Waals surface area contributed by atoms with Gasteiger partial charge in [-0.1, -0.05) is 18.2 Å². The zero-order chi connectivity index (χ0) is 23.1. The first-order chi connectivity index (χ1) is 15.3. The Bertz CT molecular complexity index is 1070. The number of sulfonamides is 1. The SMILES string of the molecule is Cc1ccc(NC(=O)CNC(=O)NCc2ccc(F)cc2)cc1S(=O)(=O)N1CCOCC1. The summed E-state index contributed by atoms with van der Waals surface area (Å²) in [4.78, 5) is 24.2. The fourth-order valence-electron chi connectivity index (χ4n) is 3.09. The minimum Gasteiger partial charge on any atom is -0.379 e. The average molecular weight is 465 g/mol. The highest BCUT2D eigenvalue weighted by molar-refractivity contribution is 7.89. The van der Waals surface area contributed by atoms with Crippen molar-refractivity contribution in [2.24, 2.45) is 0 Å². The molecule has 32 heavy (non-hydrogen) atoms. The monoisotopic (exact) mass is 464 g/mol. The number of carbonyl (C=O) groups is 2. The zero-order valence-electron chi connectivity index (χ0n) is 17.6. The van der Waals surface area contributed by atoms with Crippen molar-refractivity contribution in [1.29, 1.82) is 0 Å². The van der Waals surface area contributed by atoms with E-state index >= 15 is 0 Å². The van der Waals surface area contributed by atoms with Gasteiger partial charge in [-0.3, -0.25) is 4.79 Å². The number of aryl methyl sites for hydroxylation is 1. The third-order valence-electron chi connectivity index (χ3n) is 4.84. The summed E-state index contributed by atoms with van der Waals surface area (Å²) in [6, 6.07) is 9.72. The molecule has 11 heteroatoms. The number of benzene rings is 2. The van der Waals surface area contributed by atoms with Gasteiger partial charge in [-0.2, -0.15) is 4.31 Å². The molecule has 1 aliphatic heterocycles. The molecule has 0 unspecified atom stereocenters. The third-order valence-corrected chi connectivity index (χ3v) is 6.88. The normalized spacial score (nSPS) is 14.6. The summed E-state index contributed by atoms with van der Waals surface area (Å²) in [6.45, 7) is 2.77. The molecule has 2 aromatic carbocycles. The Balaban J connectivity index is 1.54. The summed E-state index contributed by atoms with van der Waals surface area (Å²) >= 11 is 0. The van der Waals surface area contributed by atoms with E-state index in [1.54, 1.807) is 31.2 Å². The molecule has 1 heterocycles. The van der Waals surface area contributed by atoms with E-state index in [1.807, 2.05) is 0 Å². The molecule has 0 aromatic heterocycles. The molecule has 1 aliphatic rings. The first-order valence-electron chi connectivity index (χ1n) is 10.0. The van der Waals surface area contributed by atoms with Crippen molar-refractivity contribution in [1.82, 2.24) is 14.9 Å². The molecule has 1 saturated heterocycles. The lowest BCUT2D eigenvalue weighted by molar-refractivity contribution is -0.115. The van der Waals surface area contributed by atoms with E-state index in [4.69, 9.17) is 4.74 Å². The summed E-state index contributed by atoms with van der Waals surface area (Å²) in [5.74, 6) is -0.882. The highest BCUT2D eigenvalue weighted by atomic mass is 32.2. The molecule has 0 aliphatic carbocycles. The Kier molecular flexibility index (Phi) is 7.78. The van der Waals surface area contributed by atoms with E-state index in [2.05, 4.69) is 16.0 Å². The summed E-state index contributed by atoms with van der Waals surface area (Å²) < 4.78 is 45.3. The van der Waals surface area contributed by atoms with Crippen molar-refractivity contribution >= 4 is 27.6 Å². The predicted molar refractivity (Wildman–Crippen MR) is 116 cm³/mol. The van der Waals surface area contributed by atoms with Crippen LogP contribution in [0.5, 0.6) is 0 Å². The van der Waals surface area contributed by atoms with Crippen LogP contribution in [0.25, 0.3) is 0 Å². The van der Waals surface area contributed by atoms with Crippen LogP contribution < -0.4 is 16.0 Å². The zero-order valence-corrected chi connectivity index (χ0v) is 18.4. The summed E-state index contributed by atoms with van der Waals surface area (Å²) in [5.41, 5.74) is 1.58. The van der Waals surface area contributed by atoms with Crippen LogP contribution in [0.3, 0.4) is 0 Å². The van der Waals surface area contributed by atoms with Crippen molar-refractivity contribution in [3.63, 3.8) is 0 Å². The molecule has 0 bridgehead atoms. The van der Waals surface area contributed by atoms with Gasteiger partial charge in [0.2, 0.25) is 15.9 Å². The van der Waals surface area contributed by atoms with Gasteiger partial charge in [-0.05, 0) is 42.3 Å². The molecule has 0 spiro atoms. The van der Waals surface area contributed by atoms with Crippen LogP contribution in [0, 0.1) is 12.7 Å². The van der Waals surface area contributed by atoms with Crippen LogP contribution in [0.4, 0.5) is 14.9 Å². The Morgan fingerprint density at radius 2 is 1.75 bits per heavy atom. The molecule has 0 saturated carbocycles. The third kappa shape index (κ3) is 6.25. The first kappa shape index (κ1) is 23.6. The molecule has 1 fully saturated rings. The molecule has 0 radical (unpaired) electrons. The highest BCUT2D eigenvalue weighted by Gasteiger charge is 2.28. The molecule has 172 valence electrons. The van der Waals surface area contributed by atoms with E-state index in [0.29, 0.717) is 30.0 Å². The second-order valence-electron chi connectivity index (χ2n) is 7.21. The van der Waals surface area contributed by atoms with E-state index in [9.17, 15) is 22.4 Å². The lowest BCUT2D eigenvalue weighted by Gasteiger charge is -2.26.